The predicted molar refractivity (Wildman–Crippen MR) is 91.7 cm³/mol. The second-order valence-electron chi connectivity index (χ2n) is 4.89. The van der Waals surface area contributed by atoms with Crippen molar-refractivity contribution in [1.82, 2.24) is 10.2 Å². The summed E-state index contributed by atoms with van der Waals surface area (Å²) in [6, 6.07) is 7.52. The molecule has 1 heterocycles. The quantitative estimate of drug-likeness (QED) is 0.733. The molecule has 0 aliphatic rings. The largest absolute Gasteiger partial charge is 0.484 e. The van der Waals surface area contributed by atoms with Gasteiger partial charge in [0.05, 0.1) is 0 Å². The monoisotopic (exact) mass is 417 g/mol. The van der Waals surface area contributed by atoms with Gasteiger partial charge in [0.25, 0.3) is 5.91 Å². The fourth-order valence-corrected chi connectivity index (χ4v) is 2.90. The van der Waals surface area contributed by atoms with Gasteiger partial charge in [-0.3, -0.25) is 10.1 Å². The Labute approximate surface area is 141 Å². The third-order valence-electron chi connectivity index (χ3n) is 2.48. The Morgan fingerprint density at radius 1 is 1.33 bits per heavy atom. The first-order valence-corrected chi connectivity index (χ1v) is 8.43. The lowest BCUT2D eigenvalue weighted by Crippen LogP contribution is -2.20. The van der Waals surface area contributed by atoms with Gasteiger partial charge in [-0.1, -0.05) is 25.2 Å². The van der Waals surface area contributed by atoms with Gasteiger partial charge in [0.15, 0.2) is 6.61 Å². The van der Waals surface area contributed by atoms with Gasteiger partial charge in [0, 0.05) is 9.99 Å². The minimum atomic E-state index is -0.235. The van der Waals surface area contributed by atoms with Crippen LogP contribution in [0.4, 0.5) is 5.13 Å². The van der Waals surface area contributed by atoms with Crippen LogP contribution >= 0.6 is 33.9 Å². The van der Waals surface area contributed by atoms with E-state index in [1.165, 1.54) is 11.3 Å². The molecule has 0 aliphatic heterocycles. The Hall–Kier alpha value is -1.22. The molecule has 7 heteroatoms. The van der Waals surface area contributed by atoms with Crippen molar-refractivity contribution in [1.29, 1.82) is 0 Å². The second-order valence-corrected chi connectivity index (χ2v) is 7.20. The summed E-state index contributed by atoms with van der Waals surface area (Å²) < 4.78 is 6.53. The van der Waals surface area contributed by atoms with Crippen molar-refractivity contribution < 1.29 is 9.53 Å². The second kappa shape index (κ2) is 7.69. The number of hydrogen-bond acceptors (Lipinski definition) is 5. The molecule has 0 fully saturated rings. The lowest BCUT2D eigenvalue weighted by molar-refractivity contribution is -0.118. The highest BCUT2D eigenvalue weighted by Crippen LogP contribution is 2.18. The SMILES string of the molecule is CC(C)Cc1nnc(NC(=O)COc2ccc(I)cc2)s1. The Kier molecular flexibility index (Phi) is 5.92. The maximum Gasteiger partial charge on any atom is 0.264 e. The molecule has 5 nitrogen and oxygen atoms in total. The van der Waals surface area contributed by atoms with Crippen LogP contribution in [-0.2, 0) is 11.2 Å². The number of anilines is 1. The van der Waals surface area contributed by atoms with E-state index < -0.39 is 0 Å². The van der Waals surface area contributed by atoms with Gasteiger partial charge in [-0.05, 0) is 52.8 Å². The predicted octanol–water partition coefficient (Wildman–Crippen LogP) is 3.36. The van der Waals surface area contributed by atoms with Crippen molar-refractivity contribution in [3.05, 3.63) is 32.8 Å². The molecule has 0 bridgehead atoms. The van der Waals surface area contributed by atoms with Crippen molar-refractivity contribution in [3.63, 3.8) is 0 Å². The average molecular weight is 417 g/mol. The zero-order chi connectivity index (χ0) is 15.2. The molecule has 0 radical (unpaired) electrons. The van der Waals surface area contributed by atoms with E-state index in [2.05, 4.69) is 52.0 Å². The summed E-state index contributed by atoms with van der Waals surface area (Å²) >= 11 is 3.62. The van der Waals surface area contributed by atoms with Crippen LogP contribution in [0.3, 0.4) is 0 Å². The van der Waals surface area contributed by atoms with Crippen LogP contribution in [0.2, 0.25) is 0 Å². The van der Waals surface area contributed by atoms with Gasteiger partial charge in [-0.15, -0.1) is 10.2 Å². The molecule has 1 aromatic heterocycles. The van der Waals surface area contributed by atoms with Gasteiger partial charge >= 0.3 is 0 Å². The number of rotatable bonds is 6. The van der Waals surface area contributed by atoms with E-state index >= 15 is 0 Å². The molecule has 0 spiro atoms. The summed E-state index contributed by atoms with van der Waals surface area (Å²) in [6.45, 7) is 4.20. The molecular formula is C14H16IN3O2S. The zero-order valence-corrected chi connectivity index (χ0v) is 14.8. The van der Waals surface area contributed by atoms with E-state index in [0.29, 0.717) is 16.8 Å². The van der Waals surface area contributed by atoms with E-state index in [4.69, 9.17) is 4.74 Å². The first kappa shape index (κ1) is 16.2. The number of ether oxygens (including phenoxy) is 1. The number of aromatic nitrogens is 2. The van der Waals surface area contributed by atoms with E-state index in [9.17, 15) is 4.79 Å². The number of hydrogen-bond donors (Lipinski definition) is 1. The minimum absolute atomic E-state index is 0.0420. The normalized spacial score (nSPS) is 10.7. The highest BCUT2D eigenvalue weighted by atomic mass is 127. The van der Waals surface area contributed by atoms with Crippen LogP contribution in [0, 0.1) is 9.49 Å². The number of carbonyl (C=O) groups excluding carboxylic acids is 1. The van der Waals surface area contributed by atoms with E-state index in [0.717, 1.165) is 15.0 Å². The van der Waals surface area contributed by atoms with Crippen molar-refractivity contribution >= 4 is 45.0 Å². The van der Waals surface area contributed by atoms with Crippen molar-refractivity contribution in [3.8, 4) is 5.75 Å². The molecule has 2 aromatic rings. The molecule has 1 amide bonds. The van der Waals surface area contributed by atoms with Crippen LogP contribution in [0.25, 0.3) is 0 Å². The van der Waals surface area contributed by atoms with Crippen molar-refractivity contribution in [2.24, 2.45) is 5.92 Å². The fraction of sp³-hybridized carbons (Fsp3) is 0.357. The van der Waals surface area contributed by atoms with Gasteiger partial charge in [-0.25, -0.2) is 0 Å². The van der Waals surface area contributed by atoms with Crippen LogP contribution in [-0.4, -0.2) is 22.7 Å². The summed E-state index contributed by atoms with van der Waals surface area (Å²) in [5.41, 5.74) is 0. The van der Waals surface area contributed by atoms with E-state index in [1.807, 2.05) is 24.3 Å². The topological polar surface area (TPSA) is 64.1 Å². The molecule has 0 aliphatic carbocycles. The maximum absolute atomic E-state index is 11.8. The van der Waals surface area contributed by atoms with Crippen LogP contribution in [0.5, 0.6) is 5.75 Å². The molecule has 0 atom stereocenters. The standard InChI is InChI=1S/C14H16IN3O2S/c1-9(2)7-13-17-18-14(21-13)16-12(19)8-20-11-5-3-10(15)4-6-11/h3-6,9H,7-8H2,1-2H3,(H,16,18,19). The first-order chi connectivity index (χ1) is 10.0. The molecule has 0 saturated heterocycles. The molecule has 0 unspecified atom stereocenters. The van der Waals surface area contributed by atoms with E-state index in [1.54, 1.807) is 0 Å². The first-order valence-electron chi connectivity index (χ1n) is 6.53. The van der Waals surface area contributed by atoms with Gasteiger partial charge in [0.2, 0.25) is 5.13 Å². The lowest BCUT2D eigenvalue weighted by Gasteiger charge is -2.05. The molecule has 112 valence electrons. The number of benzene rings is 1. The van der Waals surface area contributed by atoms with Crippen LogP contribution in [0.15, 0.2) is 24.3 Å². The molecule has 1 N–H and O–H groups in total. The third-order valence-corrected chi connectivity index (χ3v) is 4.06. The summed E-state index contributed by atoms with van der Waals surface area (Å²) in [5.74, 6) is 0.954. The molecular weight excluding hydrogens is 401 g/mol. The van der Waals surface area contributed by atoms with Crippen molar-refractivity contribution in [2.75, 3.05) is 11.9 Å². The summed E-state index contributed by atoms with van der Waals surface area (Å²) in [7, 11) is 0. The number of halogens is 1. The van der Waals surface area contributed by atoms with Crippen molar-refractivity contribution in [2.45, 2.75) is 20.3 Å². The lowest BCUT2D eigenvalue weighted by atomic mass is 10.1. The average Bonchev–Trinajstić information content (AvgIpc) is 2.84. The van der Waals surface area contributed by atoms with Crippen LogP contribution < -0.4 is 10.1 Å². The Bertz CT molecular complexity index is 599. The van der Waals surface area contributed by atoms with E-state index in [-0.39, 0.29) is 12.5 Å². The summed E-state index contributed by atoms with van der Waals surface area (Å²) in [6.07, 6.45) is 0.868. The number of nitrogens with zero attached hydrogens (tertiary/aromatic N) is 2. The minimum Gasteiger partial charge on any atom is -0.484 e. The Balaban J connectivity index is 1.81. The highest BCUT2D eigenvalue weighted by Gasteiger charge is 2.10. The number of carbonyl (C=O) groups is 1. The molecule has 2 rings (SSSR count). The summed E-state index contributed by atoms with van der Waals surface area (Å²) in [5, 5.41) is 12.1. The summed E-state index contributed by atoms with van der Waals surface area (Å²) in [4.78, 5) is 11.8. The fourth-order valence-electron chi connectivity index (χ4n) is 1.57. The van der Waals surface area contributed by atoms with Gasteiger partial charge in [0.1, 0.15) is 10.8 Å². The van der Waals surface area contributed by atoms with Gasteiger partial charge in [-0.2, -0.15) is 0 Å². The molecule has 21 heavy (non-hydrogen) atoms. The van der Waals surface area contributed by atoms with Gasteiger partial charge < -0.3 is 4.74 Å². The molecule has 1 aromatic carbocycles. The Morgan fingerprint density at radius 3 is 2.71 bits per heavy atom. The molecule has 0 saturated carbocycles. The zero-order valence-electron chi connectivity index (χ0n) is 11.8. The Morgan fingerprint density at radius 2 is 2.05 bits per heavy atom. The maximum atomic E-state index is 11.8. The smallest absolute Gasteiger partial charge is 0.264 e. The third kappa shape index (κ3) is 5.58. The highest BCUT2D eigenvalue weighted by molar-refractivity contribution is 14.1. The number of nitrogens with one attached hydrogen (secondary N) is 1. The number of amides is 1. The van der Waals surface area contributed by atoms with Crippen LogP contribution in [0.1, 0.15) is 18.9 Å².